The van der Waals surface area contributed by atoms with Gasteiger partial charge in [-0.15, -0.1) is 0 Å². The van der Waals surface area contributed by atoms with Crippen molar-refractivity contribution in [2.75, 3.05) is 24.6 Å². The quantitative estimate of drug-likeness (QED) is 0.681. The fraction of sp³-hybridized carbons (Fsp3) is 0.900. The lowest BCUT2D eigenvalue weighted by Gasteiger charge is -2.02. The third-order valence-corrected chi connectivity index (χ3v) is 2.82. The molecule has 0 aliphatic carbocycles. The summed E-state index contributed by atoms with van der Waals surface area (Å²) < 4.78 is 11.1. The van der Waals surface area contributed by atoms with Gasteiger partial charge in [-0.05, 0) is 6.42 Å². The van der Waals surface area contributed by atoms with Crippen LogP contribution in [-0.4, -0.2) is 34.7 Å². The molecule has 0 saturated heterocycles. The summed E-state index contributed by atoms with van der Waals surface area (Å²) in [7, 11) is -0.932. The van der Waals surface area contributed by atoms with Crippen molar-refractivity contribution >= 4 is 16.7 Å². The Morgan fingerprint density at radius 2 is 1.93 bits per heavy atom. The highest BCUT2D eigenvalue weighted by molar-refractivity contribution is 7.85. The molecule has 0 aliphatic rings. The molecule has 0 radical (unpaired) electrons. The highest BCUT2D eigenvalue weighted by atomic mass is 32.2. The average molecular weight is 236 g/mol. The zero-order chi connectivity index (χ0) is 12.1. The molecule has 3 N–H and O–H groups in total. The Balaban J connectivity index is 0. The maximum atomic E-state index is 11.1. The van der Waals surface area contributed by atoms with Crippen LogP contribution < -0.4 is 11.1 Å². The van der Waals surface area contributed by atoms with Crippen LogP contribution in [0.15, 0.2) is 0 Å². The summed E-state index contributed by atoms with van der Waals surface area (Å²) in [4.78, 5) is 11.0. The third kappa shape index (κ3) is 13.6. The number of nitrogens with two attached hydrogens (primary N) is 1. The topological polar surface area (TPSA) is 72.2 Å². The van der Waals surface area contributed by atoms with Crippen LogP contribution in [0.25, 0.3) is 0 Å². The number of amides is 1. The highest BCUT2D eigenvalue weighted by Gasteiger charge is 2.03. The van der Waals surface area contributed by atoms with Crippen molar-refractivity contribution in [3.05, 3.63) is 0 Å². The molecule has 92 valence electrons. The summed E-state index contributed by atoms with van der Waals surface area (Å²) in [6, 6.07) is 0. The molecule has 0 fully saturated rings. The van der Waals surface area contributed by atoms with Gasteiger partial charge >= 0.3 is 0 Å². The van der Waals surface area contributed by atoms with E-state index in [2.05, 4.69) is 5.32 Å². The van der Waals surface area contributed by atoms with Crippen LogP contribution >= 0.6 is 0 Å². The van der Waals surface area contributed by atoms with Crippen molar-refractivity contribution in [1.29, 1.82) is 0 Å². The Bertz CT molecular complexity index is 175. The van der Waals surface area contributed by atoms with E-state index < -0.39 is 10.8 Å². The van der Waals surface area contributed by atoms with Gasteiger partial charge < -0.3 is 11.1 Å². The largest absolute Gasteiger partial charge is 0.356 e. The zero-order valence-corrected chi connectivity index (χ0v) is 10.9. The van der Waals surface area contributed by atoms with Gasteiger partial charge in [0.1, 0.15) is 0 Å². The van der Waals surface area contributed by atoms with E-state index in [9.17, 15) is 9.00 Å². The number of rotatable bonds is 7. The lowest BCUT2D eigenvalue weighted by atomic mass is 10.4. The SMILES string of the molecule is CC.CCCNC(=O)CCS(=O)CCN. The van der Waals surface area contributed by atoms with E-state index in [4.69, 9.17) is 5.73 Å². The van der Waals surface area contributed by atoms with Gasteiger partial charge in [0.05, 0.1) is 0 Å². The molecule has 5 heteroatoms. The summed E-state index contributed by atoms with van der Waals surface area (Å²) in [5, 5.41) is 2.73. The van der Waals surface area contributed by atoms with Crippen LogP contribution in [0.4, 0.5) is 0 Å². The first-order valence-electron chi connectivity index (χ1n) is 5.52. The molecule has 0 aromatic rings. The van der Waals surface area contributed by atoms with Crippen LogP contribution in [0.3, 0.4) is 0 Å². The highest BCUT2D eigenvalue weighted by Crippen LogP contribution is 1.87. The number of hydrogen-bond donors (Lipinski definition) is 2. The molecular weight excluding hydrogens is 212 g/mol. The first-order valence-corrected chi connectivity index (χ1v) is 7.01. The standard InChI is InChI=1S/C8H18N2O2S.C2H6/c1-2-5-10-8(11)3-6-13(12)7-4-9;1-2/h2-7,9H2,1H3,(H,10,11);1-2H3. The first-order chi connectivity index (χ1) is 7.20. The molecule has 1 amide bonds. The Kier molecular flexibility index (Phi) is 15.4. The number of carbonyl (C=O) groups excluding carboxylic acids is 1. The first kappa shape index (κ1) is 17.0. The van der Waals surface area contributed by atoms with Crippen molar-refractivity contribution in [3.63, 3.8) is 0 Å². The maximum absolute atomic E-state index is 11.1. The zero-order valence-electron chi connectivity index (χ0n) is 10.0. The minimum atomic E-state index is -0.932. The monoisotopic (exact) mass is 236 g/mol. The second-order valence-electron chi connectivity index (χ2n) is 2.74. The predicted molar refractivity (Wildman–Crippen MR) is 66.2 cm³/mol. The molecular formula is C10H24N2O2S. The Labute approximate surface area is 95.5 Å². The molecule has 0 heterocycles. The smallest absolute Gasteiger partial charge is 0.220 e. The molecule has 0 saturated carbocycles. The fourth-order valence-electron chi connectivity index (χ4n) is 0.793. The van der Waals surface area contributed by atoms with E-state index in [0.717, 1.165) is 6.42 Å². The lowest BCUT2D eigenvalue weighted by molar-refractivity contribution is -0.120. The van der Waals surface area contributed by atoms with Gasteiger partial charge in [-0.3, -0.25) is 9.00 Å². The molecule has 0 aliphatic heterocycles. The Hall–Kier alpha value is -0.420. The maximum Gasteiger partial charge on any atom is 0.220 e. The van der Waals surface area contributed by atoms with Gasteiger partial charge in [0.15, 0.2) is 0 Å². The van der Waals surface area contributed by atoms with Crippen molar-refractivity contribution in [2.24, 2.45) is 5.73 Å². The van der Waals surface area contributed by atoms with Crippen LogP contribution in [0.2, 0.25) is 0 Å². The van der Waals surface area contributed by atoms with E-state index in [1.807, 2.05) is 20.8 Å². The van der Waals surface area contributed by atoms with E-state index in [0.29, 0.717) is 31.0 Å². The minimum Gasteiger partial charge on any atom is -0.356 e. The number of hydrogen-bond acceptors (Lipinski definition) is 3. The molecule has 0 aromatic heterocycles. The van der Waals surface area contributed by atoms with Gasteiger partial charge in [0, 0.05) is 41.8 Å². The molecule has 0 spiro atoms. The van der Waals surface area contributed by atoms with Gasteiger partial charge in [-0.2, -0.15) is 0 Å². The summed E-state index contributed by atoms with van der Waals surface area (Å²) in [6.45, 7) is 7.11. The van der Waals surface area contributed by atoms with E-state index in [-0.39, 0.29) is 5.91 Å². The number of carbonyl (C=O) groups is 1. The molecule has 1 atom stereocenters. The second-order valence-corrected chi connectivity index (χ2v) is 4.43. The molecule has 15 heavy (non-hydrogen) atoms. The minimum absolute atomic E-state index is 0.0211. The van der Waals surface area contributed by atoms with Crippen molar-refractivity contribution in [3.8, 4) is 0 Å². The Morgan fingerprint density at radius 3 is 2.40 bits per heavy atom. The van der Waals surface area contributed by atoms with Crippen molar-refractivity contribution < 1.29 is 9.00 Å². The van der Waals surface area contributed by atoms with Gasteiger partial charge in [0.2, 0.25) is 5.91 Å². The van der Waals surface area contributed by atoms with E-state index >= 15 is 0 Å². The van der Waals surface area contributed by atoms with Gasteiger partial charge in [-0.25, -0.2) is 0 Å². The Morgan fingerprint density at radius 1 is 1.33 bits per heavy atom. The predicted octanol–water partition coefficient (Wildman–Crippen LogP) is 0.636. The van der Waals surface area contributed by atoms with Crippen LogP contribution in [-0.2, 0) is 15.6 Å². The van der Waals surface area contributed by atoms with Crippen LogP contribution in [0, 0.1) is 0 Å². The fourth-order valence-corrected chi connectivity index (χ4v) is 1.67. The molecule has 0 aromatic carbocycles. The molecule has 0 bridgehead atoms. The number of nitrogens with one attached hydrogen (secondary N) is 1. The summed E-state index contributed by atoms with van der Waals surface area (Å²) in [5.41, 5.74) is 5.22. The van der Waals surface area contributed by atoms with Crippen LogP contribution in [0.5, 0.6) is 0 Å². The normalized spacial score (nSPS) is 11.2. The third-order valence-electron chi connectivity index (χ3n) is 1.47. The summed E-state index contributed by atoms with van der Waals surface area (Å²) >= 11 is 0. The van der Waals surface area contributed by atoms with E-state index in [1.54, 1.807) is 0 Å². The summed E-state index contributed by atoms with van der Waals surface area (Å²) in [6.07, 6.45) is 1.27. The van der Waals surface area contributed by atoms with Crippen LogP contribution in [0.1, 0.15) is 33.6 Å². The molecule has 4 nitrogen and oxygen atoms in total. The van der Waals surface area contributed by atoms with Gasteiger partial charge in [-0.1, -0.05) is 20.8 Å². The summed E-state index contributed by atoms with van der Waals surface area (Å²) in [5.74, 6) is 0.889. The van der Waals surface area contributed by atoms with E-state index in [1.165, 1.54) is 0 Å². The lowest BCUT2D eigenvalue weighted by Crippen LogP contribution is -2.26. The second kappa shape index (κ2) is 13.6. The molecule has 0 rings (SSSR count). The van der Waals surface area contributed by atoms with Crippen molar-refractivity contribution in [2.45, 2.75) is 33.6 Å². The van der Waals surface area contributed by atoms with Crippen molar-refractivity contribution in [1.82, 2.24) is 5.32 Å². The van der Waals surface area contributed by atoms with Gasteiger partial charge in [0.25, 0.3) is 0 Å². The molecule has 1 unspecified atom stereocenters. The average Bonchev–Trinajstić information content (AvgIpc) is 2.26.